The van der Waals surface area contributed by atoms with Gasteiger partial charge in [0.2, 0.25) is 11.9 Å². The Bertz CT molecular complexity index is 927. The van der Waals surface area contributed by atoms with Crippen molar-refractivity contribution >= 4 is 23.3 Å². The molecular weight excluding hydrogens is 373 g/mol. The van der Waals surface area contributed by atoms with Crippen molar-refractivity contribution < 1.29 is 14.0 Å². The Labute approximate surface area is 168 Å². The zero-order chi connectivity index (χ0) is 20.4. The molecule has 1 aliphatic heterocycles. The van der Waals surface area contributed by atoms with Crippen LogP contribution in [0.1, 0.15) is 29.4 Å². The first-order chi connectivity index (χ1) is 14.0. The number of para-hydroxylation sites is 1. The van der Waals surface area contributed by atoms with E-state index in [1.807, 2.05) is 22.8 Å². The molecule has 1 saturated heterocycles. The van der Waals surface area contributed by atoms with Crippen LogP contribution in [0.4, 0.5) is 16.0 Å². The minimum Gasteiger partial charge on any atom is -0.367 e. The summed E-state index contributed by atoms with van der Waals surface area (Å²) in [6.45, 7) is 4.88. The molecule has 29 heavy (non-hydrogen) atoms. The van der Waals surface area contributed by atoms with Crippen molar-refractivity contribution in [1.29, 1.82) is 0 Å². The number of piperazine rings is 1. The number of amides is 1. The molecule has 2 aliphatic rings. The summed E-state index contributed by atoms with van der Waals surface area (Å²) in [6, 6.07) is 6.74. The fraction of sp³-hybridized carbons (Fsp3) is 0.429. The van der Waals surface area contributed by atoms with Crippen molar-refractivity contribution in [3.63, 3.8) is 0 Å². The highest BCUT2D eigenvalue weighted by Crippen LogP contribution is 2.24. The predicted octanol–water partition coefficient (Wildman–Crippen LogP) is 2.14. The Balaban J connectivity index is 1.31. The molecule has 0 radical (unpaired) electrons. The van der Waals surface area contributed by atoms with E-state index < -0.39 is 0 Å². The SMILES string of the molecule is CC1CC(=O)c2cnc(NC(=O)CN3CCN(c4ccccc4F)CC3)nc2C1. The topological polar surface area (TPSA) is 78.4 Å². The molecule has 1 N–H and O–H groups in total. The van der Waals surface area contributed by atoms with E-state index in [0.717, 1.165) is 0 Å². The second-order valence-corrected chi connectivity index (χ2v) is 7.75. The summed E-state index contributed by atoms with van der Waals surface area (Å²) >= 11 is 0. The van der Waals surface area contributed by atoms with Crippen LogP contribution in [-0.4, -0.2) is 59.3 Å². The Morgan fingerprint density at radius 3 is 2.72 bits per heavy atom. The van der Waals surface area contributed by atoms with Gasteiger partial charge in [-0.3, -0.25) is 19.8 Å². The summed E-state index contributed by atoms with van der Waals surface area (Å²) in [5, 5.41) is 2.73. The second-order valence-electron chi connectivity index (χ2n) is 7.75. The number of fused-ring (bicyclic) bond motifs is 1. The number of nitrogens with zero attached hydrogens (tertiary/aromatic N) is 4. The van der Waals surface area contributed by atoms with Crippen LogP contribution in [0.15, 0.2) is 30.5 Å². The number of anilines is 2. The van der Waals surface area contributed by atoms with Gasteiger partial charge >= 0.3 is 0 Å². The number of aromatic nitrogens is 2. The van der Waals surface area contributed by atoms with Crippen molar-refractivity contribution in [3.8, 4) is 0 Å². The first-order valence-corrected chi connectivity index (χ1v) is 9.90. The minimum absolute atomic E-state index is 0.0596. The average Bonchev–Trinajstić information content (AvgIpc) is 2.68. The number of Topliss-reactive ketones (excluding diaryl/α,β-unsaturated/α-hetero) is 1. The number of nitrogens with one attached hydrogen (secondary N) is 1. The Morgan fingerprint density at radius 1 is 1.21 bits per heavy atom. The minimum atomic E-state index is -0.226. The number of benzene rings is 1. The number of hydrogen-bond acceptors (Lipinski definition) is 6. The monoisotopic (exact) mass is 397 g/mol. The summed E-state index contributed by atoms with van der Waals surface area (Å²) in [7, 11) is 0. The summed E-state index contributed by atoms with van der Waals surface area (Å²) in [5.41, 5.74) is 1.87. The van der Waals surface area contributed by atoms with E-state index in [0.29, 0.717) is 56.0 Å². The van der Waals surface area contributed by atoms with Gasteiger partial charge in [0.25, 0.3) is 0 Å². The predicted molar refractivity (Wildman–Crippen MR) is 108 cm³/mol. The first-order valence-electron chi connectivity index (χ1n) is 9.90. The molecule has 8 heteroatoms. The Kier molecular flexibility index (Phi) is 5.53. The van der Waals surface area contributed by atoms with Gasteiger partial charge in [-0.05, 0) is 24.5 Å². The molecule has 152 valence electrons. The van der Waals surface area contributed by atoms with Gasteiger partial charge in [0.05, 0.1) is 23.5 Å². The molecule has 0 spiro atoms. The van der Waals surface area contributed by atoms with E-state index >= 15 is 0 Å². The summed E-state index contributed by atoms with van der Waals surface area (Å²) in [5.74, 6) is 0.125. The van der Waals surface area contributed by atoms with Crippen LogP contribution in [0.25, 0.3) is 0 Å². The zero-order valence-electron chi connectivity index (χ0n) is 16.4. The van der Waals surface area contributed by atoms with Gasteiger partial charge in [0, 0.05) is 38.8 Å². The van der Waals surface area contributed by atoms with Crippen molar-refractivity contribution in [1.82, 2.24) is 14.9 Å². The van der Waals surface area contributed by atoms with Crippen molar-refractivity contribution in [2.75, 3.05) is 42.9 Å². The quantitative estimate of drug-likeness (QED) is 0.852. The van der Waals surface area contributed by atoms with Crippen LogP contribution in [0.3, 0.4) is 0 Å². The second kappa shape index (κ2) is 8.24. The van der Waals surface area contributed by atoms with E-state index in [2.05, 4.69) is 15.3 Å². The molecule has 0 bridgehead atoms. The Morgan fingerprint density at radius 2 is 1.97 bits per heavy atom. The molecule has 2 aromatic rings. The van der Waals surface area contributed by atoms with Crippen LogP contribution in [0.2, 0.25) is 0 Å². The highest BCUT2D eigenvalue weighted by atomic mass is 19.1. The number of carbonyl (C=O) groups excluding carboxylic acids is 2. The molecule has 1 atom stereocenters. The van der Waals surface area contributed by atoms with E-state index in [9.17, 15) is 14.0 Å². The zero-order valence-corrected chi connectivity index (χ0v) is 16.4. The van der Waals surface area contributed by atoms with Crippen LogP contribution in [0.5, 0.6) is 0 Å². The van der Waals surface area contributed by atoms with Gasteiger partial charge in [0.1, 0.15) is 5.82 Å². The van der Waals surface area contributed by atoms with Gasteiger partial charge < -0.3 is 4.90 Å². The third-order valence-electron chi connectivity index (χ3n) is 5.43. The molecule has 1 amide bonds. The average molecular weight is 397 g/mol. The maximum atomic E-state index is 13.9. The highest BCUT2D eigenvalue weighted by molar-refractivity contribution is 5.98. The number of halogens is 1. The first kappa shape index (κ1) is 19.4. The third kappa shape index (κ3) is 4.42. The number of hydrogen-bond donors (Lipinski definition) is 1. The summed E-state index contributed by atoms with van der Waals surface area (Å²) < 4.78 is 13.9. The van der Waals surface area contributed by atoms with Crippen molar-refractivity contribution in [2.24, 2.45) is 5.92 Å². The maximum absolute atomic E-state index is 13.9. The fourth-order valence-electron chi connectivity index (χ4n) is 3.92. The van der Waals surface area contributed by atoms with Crippen LogP contribution < -0.4 is 10.2 Å². The maximum Gasteiger partial charge on any atom is 0.240 e. The smallest absolute Gasteiger partial charge is 0.240 e. The highest BCUT2D eigenvalue weighted by Gasteiger charge is 2.25. The Hall–Kier alpha value is -2.87. The molecule has 0 saturated carbocycles. The largest absolute Gasteiger partial charge is 0.367 e. The third-order valence-corrected chi connectivity index (χ3v) is 5.43. The lowest BCUT2D eigenvalue weighted by molar-refractivity contribution is -0.117. The number of rotatable bonds is 4. The van der Waals surface area contributed by atoms with Gasteiger partial charge in [-0.25, -0.2) is 14.4 Å². The van der Waals surface area contributed by atoms with Gasteiger partial charge in [-0.2, -0.15) is 0 Å². The standard InChI is InChI=1S/C21H24FN5O2/c1-14-10-17-15(19(28)11-14)12-23-21(24-17)25-20(29)13-26-6-8-27(9-7-26)18-5-3-2-4-16(18)22/h2-5,12,14H,6-11,13H2,1H3,(H,23,24,25,29). The van der Waals surface area contributed by atoms with E-state index in [4.69, 9.17) is 0 Å². The van der Waals surface area contributed by atoms with Crippen LogP contribution in [0, 0.1) is 11.7 Å². The fourth-order valence-corrected chi connectivity index (χ4v) is 3.92. The lowest BCUT2D eigenvalue weighted by atomic mass is 9.88. The molecule has 1 fully saturated rings. The molecule has 4 rings (SSSR count). The molecule has 1 aromatic heterocycles. The van der Waals surface area contributed by atoms with Crippen molar-refractivity contribution in [2.45, 2.75) is 19.8 Å². The van der Waals surface area contributed by atoms with Crippen LogP contribution >= 0.6 is 0 Å². The number of carbonyl (C=O) groups is 2. The molecular formula is C21H24FN5O2. The molecule has 7 nitrogen and oxygen atoms in total. The van der Waals surface area contributed by atoms with Crippen molar-refractivity contribution in [3.05, 3.63) is 47.5 Å². The summed E-state index contributed by atoms with van der Waals surface area (Å²) in [4.78, 5) is 37.0. The van der Waals surface area contributed by atoms with Gasteiger partial charge in [-0.1, -0.05) is 19.1 Å². The van der Waals surface area contributed by atoms with E-state index in [1.165, 1.54) is 12.3 Å². The lowest BCUT2D eigenvalue weighted by Gasteiger charge is -2.35. The normalized spacial score (nSPS) is 19.7. The molecule has 1 aliphatic carbocycles. The van der Waals surface area contributed by atoms with Gasteiger partial charge in [0.15, 0.2) is 5.78 Å². The molecule has 1 aromatic carbocycles. The molecule has 2 heterocycles. The van der Waals surface area contributed by atoms with E-state index in [1.54, 1.807) is 12.1 Å². The number of ketones is 1. The van der Waals surface area contributed by atoms with E-state index in [-0.39, 0.29) is 35.9 Å². The molecule has 1 unspecified atom stereocenters. The lowest BCUT2D eigenvalue weighted by Crippen LogP contribution is -2.49. The van der Waals surface area contributed by atoms with Gasteiger partial charge in [-0.15, -0.1) is 0 Å². The summed E-state index contributed by atoms with van der Waals surface area (Å²) in [6.07, 6.45) is 2.74. The van der Waals surface area contributed by atoms with Crippen LogP contribution in [-0.2, 0) is 11.2 Å².